The summed E-state index contributed by atoms with van der Waals surface area (Å²) in [6.45, 7) is 7.15. The second kappa shape index (κ2) is 15.6. The van der Waals surface area contributed by atoms with Gasteiger partial charge in [0.1, 0.15) is 6.10 Å². The molecular formula is C18H32O3. The van der Waals surface area contributed by atoms with Crippen molar-refractivity contribution >= 4 is 0 Å². The van der Waals surface area contributed by atoms with Crippen molar-refractivity contribution in [2.75, 3.05) is 13.2 Å². The van der Waals surface area contributed by atoms with Crippen LogP contribution in [0, 0.1) is 11.8 Å². The molecule has 0 heterocycles. The zero-order chi connectivity index (χ0) is 15.8. The highest BCUT2D eigenvalue weighted by molar-refractivity contribution is 5.17. The first-order valence-electron chi connectivity index (χ1n) is 8.28. The molecule has 0 aromatic rings. The third-order valence-electron chi connectivity index (χ3n) is 3.11. The van der Waals surface area contributed by atoms with Gasteiger partial charge in [0.05, 0.1) is 6.61 Å². The van der Waals surface area contributed by atoms with E-state index in [1.54, 1.807) is 6.08 Å². The molecule has 3 heteroatoms. The average Bonchev–Trinajstić information content (AvgIpc) is 2.46. The standard InChI is InChI=1S/C18H32O3/c1-4-6-7-8-9-11-14-18(19)15-12-10-13-16-21-17(3)20-5-2/h10,13,17-19H,4-9,11,14,16H2,1-3H3/b13-10+. The number of allylic oxidation sites excluding steroid dienone is 1. The molecule has 21 heavy (non-hydrogen) atoms. The highest BCUT2D eigenvalue weighted by Crippen LogP contribution is 2.08. The van der Waals surface area contributed by atoms with Crippen molar-refractivity contribution < 1.29 is 14.6 Å². The van der Waals surface area contributed by atoms with Crippen molar-refractivity contribution in [3.05, 3.63) is 12.2 Å². The Labute approximate surface area is 130 Å². The van der Waals surface area contributed by atoms with Crippen molar-refractivity contribution in [1.82, 2.24) is 0 Å². The second-order valence-electron chi connectivity index (χ2n) is 5.12. The molecule has 0 saturated heterocycles. The Hall–Kier alpha value is -0.820. The van der Waals surface area contributed by atoms with E-state index >= 15 is 0 Å². The number of aliphatic hydroxyl groups is 1. The van der Waals surface area contributed by atoms with Gasteiger partial charge in [-0.15, -0.1) is 0 Å². The lowest BCUT2D eigenvalue weighted by atomic mass is 10.1. The number of ether oxygens (including phenoxy) is 2. The first-order chi connectivity index (χ1) is 10.2. The van der Waals surface area contributed by atoms with E-state index in [4.69, 9.17) is 9.47 Å². The average molecular weight is 296 g/mol. The number of aliphatic hydroxyl groups excluding tert-OH is 1. The quantitative estimate of drug-likeness (QED) is 0.335. The van der Waals surface area contributed by atoms with Gasteiger partial charge in [0.2, 0.25) is 0 Å². The maximum atomic E-state index is 9.71. The molecule has 2 atom stereocenters. The van der Waals surface area contributed by atoms with Crippen LogP contribution in [0.2, 0.25) is 0 Å². The number of hydrogen-bond donors (Lipinski definition) is 1. The van der Waals surface area contributed by atoms with Crippen LogP contribution in [0.3, 0.4) is 0 Å². The molecule has 0 spiro atoms. The Bertz CT molecular complexity index is 301. The predicted octanol–water partition coefficient (Wildman–Crippen LogP) is 4.06. The van der Waals surface area contributed by atoms with Crippen LogP contribution in [0.5, 0.6) is 0 Å². The highest BCUT2D eigenvalue weighted by Gasteiger charge is 1.98. The number of rotatable bonds is 12. The normalized spacial score (nSPS) is 13.9. The van der Waals surface area contributed by atoms with Gasteiger partial charge in [0.15, 0.2) is 6.29 Å². The van der Waals surface area contributed by atoms with Gasteiger partial charge < -0.3 is 14.6 Å². The molecule has 122 valence electrons. The number of hydrogen-bond acceptors (Lipinski definition) is 3. The lowest BCUT2D eigenvalue weighted by Crippen LogP contribution is -2.12. The van der Waals surface area contributed by atoms with Crippen LogP contribution in [0.15, 0.2) is 12.2 Å². The molecular weight excluding hydrogens is 264 g/mol. The summed E-state index contributed by atoms with van der Waals surface area (Å²) in [4.78, 5) is 0. The van der Waals surface area contributed by atoms with E-state index in [1.807, 2.05) is 19.9 Å². The van der Waals surface area contributed by atoms with E-state index < -0.39 is 6.10 Å². The fourth-order valence-corrected chi connectivity index (χ4v) is 1.92. The maximum absolute atomic E-state index is 9.71. The smallest absolute Gasteiger partial charge is 0.155 e. The lowest BCUT2D eigenvalue weighted by Gasteiger charge is -2.10. The van der Waals surface area contributed by atoms with Crippen LogP contribution in [0.4, 0.5) is 0 Å². The Morgan fingerprint density at radius 2 is 1.76 bits per heavy atom. The van der Waals surface area contributed by atoms with Gasteiger partial charge in [-0.1, -0.05) is 56.9 Å². The minimum Gasteiger partial charge on any atom is -0.380 e. The summed E-state index contributed by atoms with van der Waals surface area (Å²) in [7, 11) is 0. The minimum atomic E-state index is -0.510. The van der Waals surface area contributed by atoms with E-state index in [0.29, 0.717) is 13.2 Å². The van der Waals surface area contributed by atoms with Gasteiger partial charge in [-0.05, 0) is 32.8 Å². The third-order valence-corrected chi connectivity index (χ3v) is 3.11. The summed E-state index contributed by atoms with van der Waals surface area (Å²) in [5, 5.41) is 9.71. The molecule has 0 radical (unpaired) electrons. The highest BCUT2D eigenvalue weighted by atomic mass is 16.7. The van der Waals surface area contributed by atoms with Gasteiger partial charge in [-0.3, -0.25) is 0 Å². The van der Waals surface area contributed by atoms with Crippen LogP contribution in [-0.2, 0) is 9.47 Å². The van der Waals surface area contributed by atoms with Crippen LogP contribution in [0.25, 0.3) is 0 Å². The third kappa shape index (κ3) is 15.4. The Balaban J connectivity index is 3.55. The SMILES string of the molecule is CCCCCCCCC(O)C#C/C=C/COC(C)OCC. The van der Waals surface area contributed by atoms with Crippen molar-refractivity contribution in [2.45, 2.75) is 78.1 Å². The molecule has 0 aliphatic carbocycles. The van der Waals surface area contributed by atoms with Gasteiger partial charge in [-0.2, -0.15) is 0 Å². The summed E-state index contributed by atoms with van der Waals surface area (Å²) in [5.74, 6) is 5.68. The predicted molar refractivity (Wildman–Crippen MR) is 88.0 cm³/mol. The van der Waals surface area contributed by atoms with Crippen LogP contribution < -0.4 is 0 Å². The summed E-state index contributed by atoms with van der Waals surface area (Å²) in [5.41, 5.74) is 0. The maximum Gasteiger partial charge on any atom is 0.155 e. The fraction of sp³-hybridized carbons (Fsp3) is 0.778. The zero-order valence-corrected chi connectivity index (χ0v) is 13.9. The Morgan fingerprint density at radius 3 is 2.48 bits per heavy atom. The molecule has 0 bridgehead atoms. The van der Waals surface area contributed by atoms with Crippen LogP contribution in [0.1, 0.15) is 65.7 Å². The van der Waals surface area contributed by atoms with E-state index in [0.717, 1.165) is 12.8 Å². The largest absolute Gasteiger partial charge is 0.380 e. The minimum absolute atomic E-state index is 0.189. The van der Waals surface area contributed by atoms with Crippen molar-refractivity contribution in [2.24, 2.45) is 0 Å². The monoisotopic (exact) mass is 296 g/mol. The molecule has 0 rings (SSSR count). The zero-order valence-electron chi connectivity index (χ0n) is 13.9. The fourth-order valence-electron chi connectivity index (χ4n) is 1.92. The molecule has 0 aromatic heterocycles. The molecule has 0 amide bonds. The van der Waals surface area contributed by atoms with Crippen molar-refractivity contribution in [1.29, 1.82) is 0 Å². The summed E-state index contributed by atoms with van der Waals surface area (Å²) < 4.78 is 10.6. The van der Waals surface area contributed by atoms with Crippen LogP contribution in [-0.4, -0.2) is 30.7 Å². The summed E-state index contributed by atoms with van der Waals surface area (Å²) >= 11 is 0. The molecule has 2 unspecified atom stereocenters. The van der Waals surface area contributed by atoms with Gasteiger partial charge in [0.25, 0.3) is 0 Å². The summed E-state index contributed by atoms with van der Waals surface area (Å²) in [6.07, 6.45) is 11.0. The molecule has 1 N–H and O–H groups in total. The lowest BCUT2D eigenvalue weighted by molar-refractivity contribution is -0.118. The second-order valence-corrected chi connectivity index (χ2v) is 5.12. The Morgan fingerprint density at radius 1 is 1.05 bits per heavy atom. The van der Waals surface area contributed by atoms with Gasteiger partial charge in [0, 0.05) is 6.61 Å². The molecule has 0 aromatic carbocycles. The number of unbranched alkanes of at least 4 members (excludes halogenated alkanes) is 5. The molecule has 3 nitrogen and oxygen atoms in total. The van der Waals surface area contributed by atoms with Crippen LogP contribution >= 0.6 is 0 Å². The van der Waals surface area contributed by atoms with E-state index in [-0.39, 0.29) is 6.29 Å². The molecule has 0 aliphatic heterocycles. The van der Waals surface area contributed by atoms with Crippen molar-refractivity contribution in [3.8, 4) is 11.8 Å². The van der Waals surface area contributed by atoms with E-state index in [2.05, 4.69) is 18.8 Å². The first-order valence-corrected chi connectivity index (χ1v) is 8.28. The van der Waals surface area contributed by atoms with E-state index in [9.17, 15) is 5.11 Å². The van der Waals surface area contributed by atoms with Gasteiger partial charge in [-0.25, -0.2) is 0 Å². The first kappa shape index (κ1) is 20.2. The van der Waals surface area contributed by atoms with Gasteiger partial charge >= 0.3 is 0 Å². The Kier molecular flexibility index (Phi) is 15.0. The molecule has 0 saturated carbocycles. The van der Waals surface area contributed by atoms with Crippen molar-refractivity contribution in [3.63, 3.8) is 0 Å². The molecule has 0 aliphatic rings. The summed E-state index contributed by atoms with van der Waals surface area (Å²) in [6, 6.07) is 0. The van der Waals surface area contributed by atoms with E-state index in [1.165, 1.54) is 32.1 Å². The topological polar surface area (TPSA) is 38.7 Å². The molecule has 0 fully saturated rings.